The van der Waals surface area contributed by atoms with E-state index < -0.39 is 0 Å². The lowest BCUT2D eigenvalue weighted by Gasteiger charge is -2.24. The Balaban J connectivity index is 0.00000106. The lowest BCUT2D eigenvalue weighted by Crippen LogP contribution is -2.26. The maximum absolute atomic E-state index is 4.88. The van der Waals surface area contributed by atoms with E-state index >= 15 is 0 Å². The minimum absolute atomic E-state index is 0.0217. The molecule has 0 radical (unpaired) electrons. The highest BCUT2D eigenvalue weighted by molar-refractivity contribution is 5.84. The Labute approximate surface area is 243 Å². The molecule has 0 unspecified atom stereocenters. The number of para-hydroxylation sites is 1. The number of anilines is 4. The van der Waals surface area contributed by atoms with Crippen molar-refractivity contribution in [2.45, 2.75) is 86.5 Å². The highest BCUT2D eigenvalue weighted by atomic mass is 15.2. The van der Waals surface area contributed by atoms with Crippen LogP contribution in [-0.2, 0) is 5.41 Å². The van der Waals surface area contributed by atoms with Gasteiger partial charge >= 0.3 is 0 Å². The fourth-order valence-electron chi connectivity index (χ4n) is 5.51. The first-order valence-corrected chi connectivity index (χ1v) is 15.1. The molecule has 0 amide bonds. The molecular weight excluding hydrogens is 486 g/mol. The van der Waals surface area contributed by atoms with Crippen molar-refractivity contribution in [3.63, 3.8) is 0 Å². The number of nitrogens with zero attached hydrogens (tertiary/aromatic N) is 2. The van der Waals surface area contributed by atoms with E-state index in [1.807, 2.05) is 46.0 Å². The van der Waals surface area contributed by atoms with Gasteiger partial charge in [-0.15, -0.1) is 0 Å². The molecule has 0 fully saturated rings. The summed E-state index contributed by atoms with van der Waals surface area (Å²) in [5, 5.41) is 3.60. The molecule has 0 atom stereocenters. The van der Waals surface area contributed by atoms with Gasteiger partial charge in [-0.25, -0.2) is 4.98 Å². The fraction of sp³-hybridized carbons (Fsp3) is 0.378. The highest BCUT2D eigenvalue weighted by Gasteiger charge is 2.37. The van der Waals surface area contributed by atoms with Crippen LogP contribution < -0.4 is 10.2 Å². The van der Waals surface area contributed by atoms with E-state index in [-0.39, 0.29) is 5.41 Å². The summed E-state index contributed by atoms with van der Waals surface area (Å²) in [6, 6.07) is 28.3. The van der Waals surface area contributed by atoms with Crippen LogP contribution in [0.25, 0.3) is 11.1 Å². The molecule has 3 aromatic carbocycles. The Morgan fingerprint density at radius 1 is 0.750 bits per heavy atom. The molecule has 3 nitrogen and oxygen atoms in total. The molecule has 0 saturated carbocycles. The van der Waals surface area contributed by atoms with Crippen molar-refractivity contribution in [2.24, 2.45) is 0 Å². The quantitative estimate of drug-likeness (QED) is 0.266. The molecule has 0 bridgehead atoms. The minimum Gasteiger partial charge on any atom is -0.352 e. The van der Waals surface area contributed by atoms with Crippen molar-refractivity contribution >= 4 is 22.9 Å². The summed E-state index contributed by atoms with van der Waals surface area (Å²) >= 11 is 0. The van der Waals surface area contributed by atoms with Gasteiger partial charge in [0.05, 0.1) is 5.69 Å². The van der Waals surface area contributed by atoms with Gasteiger partial charge in [0.15, 0.2) is 5.82 Å². The molecule has 1 aliphatic rings. The topological polar surface area (TPSA) is 28.2 Å². The molecule has 212 valence electrons. The number of pyridine rings is 1. The predicted molar refractivity (Wildman–Crippen MR) is 177 cm³/mol. The molecule has 4 aromatic rings. The first kappa shape index (κ1) is 30.9. The van der Waals surface area contributed by atoms with Gasteiger partial charge in [-0.2, -0.15) is 0 Å². The van der Waals surface area contributed by atoms with Gasteiger partial charge in [0.25, 0.3) is 0 Å². The van der Waals surface area contributed by atoms with Crippen LogP contribution in [-0.4, -0.2) is 11.5 Å². The maximum Gasteiger partial charge on any atom is 0.156 e. The number of nitrogens with one attached hydrogen (secondary N) is 1. The summed E-state index contributed by atoms with van der Waals surface area (Å²) in [6.07, 6.45) is 1.89. The van der Waals surface area contributed by atoms with Crippen LogP contribution in [0.5, 0.6) is 0 Å². The molecule has 1 aromatic heterocycles. The summed E-state index contributed by atoms with van der Waals surface area (Å²) in [4.78, 5) is 7.28. The number of rotatable bonds is 6. The lowest BCUT2D eigenvalue weighted by molar-refractivity contribution is 0.568. The number of hydrogen-bond donors (Lipinski definition) is 1. The Morgan fingerprint density at radius 3 is 1.98 bits per heavy atom. The van der Waals surface area contributed by atoms with Gasteiger partial charge in [0.1, 0.15) is 0 Å². The Bertz CT molecular complexity index is 1340. The third-order valence-corrected chi connectivity index (χ3v) is 7.33. The summed E-state index contributed by atoms with van der Waals surface area (Å²) in [6.45, 7) is 22.7. The third kappa shape index (κ3) is 6.41. The van der Waals surface area contributed by atoms with E-state index in [0.717, 1.165) is 23.7 Å². The maximum atomic E-state index is 4.88. The van der Waals surface area contributed by atoms with Crippen molar-refractivity contribution in [3.8, 4) is 11.1 Å². The summed E-state index contributed by atoms with van der Waals surface area (Å²) in [5.41, 5.74) is 10.2. The molecule has 0 aliphatic carbocycles. The highest BCUT2D eigenvalue weighted by Crippen LogP contribution is 2.48. The van der Waals surface area contributed by atoms with Crippen LogP contribution in [0.1, 0.15) is 97.8 Å². The number of benzene rings is 3. The van der Waals surface area contributed by atoms with Gasteiger partial charge in [0.2, 0.25) is 0 Å². The molecule has 1 N–H and O–H groups in total. The average molecular weight is 536 g/mol. The van der Waals surface area contributed by atoms with Crippen LogP contribution >= 0.6 is 0 Å². The Kier molecular flexibility index (Phi) is 10.6. The molecule has 0 spiro atoms. The van der Waals surface area contributed by atoms with E-state index in [9.17, 15) is 0 Å². The van der Waals surface area contributed by atoms with Gasteiger partial charge in [0, 0.05) is 29.5 Å². The molecule has 1 aliphatic heterocycles. The second-order valence-corrected chi connectivity index (χ2v) is 11.2. The monoisotopic (exact) mass is 535 g/mol. The van der Waals surface area contributed by atoms with Crippen molar-refractivity contribution in [2.75, 3.05) is 16.8 Å². The summed E-state index contributed by atoms with van der Waals surface area (Å²) in [5.74, 6) is 1.88. The fourth-order valence-corrected chi connectivity index (χ4v) is 5.51. The normalized spacial score (nSPS) is 13.2. The minimum atomic E-state index is 0.0217. The molecule has 5 rings (SSSR count). The molecule has 0 saturated heterocycles. The summed E-state index contributed by atoms with van der Waals surface area (Å²) in [7, 11) is 0. The van der Waals surface area contributed by atoms with E-state index in [1.54, 1.807) is 0 Å². The zero-order valence-electron chi connectivity index (χ0n) is 26.3. The second-order valence-electron chi connectivity index (χ2n) is 11.2. The lowest BCUT2D eigenvalue weighted by atomic mass is 9.82. The van der Waals surface area contributed by atoms with E-state index in [0.29, 0.717) is 11.8 Å². The number of hydrogen-bond acceptors (Lipinski definition) is 3. The SMILES string of the molecule is CC.CC.CC(C)c1cccc(C(C)C)c1-c1ccc2c(c1)N(c1ncccc1Nc1ccccc1)CC2(C)C. The first-order valence-electron chi connectivity index (χ1n) is 15.1. The van der Waals surface area contributed by atoms with E-state index in [2.05, 4.69) is 118 Å². The Morgan fingerprint density at radius 2 is 1.38 bits per heavy atom. The standard InChI is InChI=1S/C33H37N3.2C2H6/c1-22(2)26-14-10-15-27(23(3)4)31(26)24-17-18-28-30(20-24)36(21-33(28,5)6)32-29(16-11-19-34-32)35-25-12-8-7-9-13-25;2*1-2/h7-20,22-23,35H,21H2,1-6H3;2*1-2H3. The van der Waals surface area contributed by atoms with Crippen LogP contribution in [0.15, 0.2) is 85.1 Å². The molecule has 40 heavy (non-hydrogen) atoms. The average Bonchev–Trinajstić information content (AvgIpc) is 3.25. The third-order valence-electron chi connectivity index (χ3n) is 7.33. The molecule has 2 heterocycles. The van der Waals surface area contributed by atoms with Crippen LogP contribution in [0, 0.1) is 0 Å². The first-order chi connectivity index (χ1) is 19.3. The van der Waals surface area contributed by atoms with Gasteiger partial charge in [-0.1, -0.05) is 118 Å². The van der Waals surface area contributed by atoms with E-state index in [1.165, 1.54) is 33.5 Å². The van der Waals surface area contributed by atoms with Gasteiger partial charge < -0.3 is 10.2 Å². The van der Waals surface area contributed by atoms with Gasteiger partial charge in [-0.3, -0.25) is 0 Å². The number of fused-ring (bicyclic) bond motifs is 1. The van der Waals surface area contributed by atoms with Crippen molar-refractivity contribution in [1.82, 2.24) is 4.98 Å². The molecule has 3 heteroatoms. The van der Waals surface area contributed by atoms with Crippen LogP contribution in [0.2, 0.25) is 0 Å². The van der Waals surface area contributed by atoms with Crippen LogP contribution in [0.4, 0.5) is 22.9 Å². The largest absolute Gasteiger partial charge is 0.352 e. The number of aromatic nitrogens is 1. The summed E-state index contributed by atoms with van der Waals surface area (Å²) < 4.78 is 0. The van der Waals surface area contributed by atoms with Crippen molar-refractivity contribution < 1.29 is 0 Å². The van der Waals surface area contributed by atoms with Crippen molar-refractivity contribution in [1.29, 1.82) is 0 Å². The smallest absolute Gasteiger partial charge is 0.156 e. The zero-order chi connectivity index (χ0) is 29.4. The van der Waals surface area contributed by atoms with Gasteiger partial charge in [-0.05, 0) is 70.0 Å². The molecular formula is C37H49N3. The van der Waals surface area contributed by atoms with Crippen LogP contribution in [0.3, 0.4) is 0 Å². The van der Waals surface area contributed by atoms with Crippen molar-refractivity contribution in [3.05, 3.63) is 102 Å². The Hall–Kier alpha value is -3.59. The second kappa shape index (κ2) is 13.7. The predicted octanol–water partition coefficient (Wildman–Crippen LogP) is 11.2. The van der Waals surface area contributed by atoms with E-state index in [4.69, 9.17) is 4.98 Å². The zero-order valence-corrected chi connectivity index (χ0v) is 26.3.